The van der Waals surface area contributed by atoms with Crippen LogP contribution in [-0.4, -0.2) is 29.8 Å². The van der Waals surface area contributed by atoms with Crippen molar-refractivity contribution < 1.29 is 71.2 Å². The average Bonchev–Trinajstić information content (AvgIpc) is 0.904. The van der Waals surface area contributed by atoms with Crippen molar-refractivity contribution in [2.45, 2.75) is 123 Å². The third-order valence-corrected chi connectivity index (χ3v) is 15.2. The Bertz CT molecular complexity index is 3360. The standard InChI is InChI=1S/5C16H15O2S.5FH/c5*1-2-3-12-4-6-13(7-5-12)16(17)18-14-8-10-15(19)11-9-14;;;;;/h5*4-11H,2-3H2,1H3;5*1H. The molecular formula is C80H80F5O10S5. The van der Waals surface area contributed by atoms with Crippen molar-refractivity contribution in [3.8, 4) is 28.7 Å². The minimum Gasteiger partial charge on any atom is -0.423 e. The lowest BCUT2D eigenvalue weighted by molar-refractivity contribution is 0.0725. The molecule has 100 heavy (non-hydrogen) atoms. The van der Waals surface area contributed by atoms with E-state index in [1.807, 2.05) is 60.7 Å². The lowest BCUT2D eigenvalue weighted by Crippen LogP contribution is -2.08. The van der Waals surface area contributed by atoms with E-state index in [0.29, 0.717) is 56.6 Å². The largest absolute Gasteiger partial charge is 0.423 e. The molecule has 5 radical (unpaired) electrons. The maximum Gasteiger partial charge on any atom is 0.343 e. The Labute approximate surface area is 610 Å². The molecule has 0 aliphatic heterocycles. The molecule has 0 fully saturated rings. The Morgan fingerprint density at radius 3 is 0.440 bits per heavy atom. The summed E-state index contributed by atoms with van der Waals surface area (Å²) < 4.78 is 26.4. The molecule has 0 aliphatic rings. The van der Waals surface area contributed by atoms with Gasteiger partial charge in [-0.25, -0.2) is 24.0 Å². The number of carbonyl (C=O) groups excluding carboxylic acids is 5. The Morgan fingerprint density at radius 1 is 0.210 bits per heavy atom. The molecule has 0 aliphatic carbocycles. The molecule has 0 saturated carbocycles. The summed E-state index contributed by atoms with van der Waals surface area (Å²) in [5.41, 5.74) is 8.94. The highest BCUT2D eigenvalue weighted by molar-refractivity contribution is 7.81. The zero-order valence-corrected chi connectivity index (χ0v) is 59.9. The number of hydrogen-bond acceptors (Lipinski definition) is 10. The maximum atomic E-state index is 11.9. The lowest BCUT2D eigenvalue weighted by atomic mass is 10.1. The van der Waals surface area contributed by atoms with Gasteiger partial charge in [0.15, 0.2) is 0 Å². The average molecular weight is 1460 g/mol. The van der Waals surface area contributed by atoms with Crippen LogP contribution in [0.4, 0.5) is 23.5 Å². The molecule has 0 N–H and O–H groups in total. The molecule has 10 aromatic carbocycles. The van der Waals surface area contributed by atoms with Crippen LogP contribution in [0.5, 0.6) is 28.7 Å². The van der Waals surface area contributed by atoms with Gasteiger partial charge >= 0.3 is 29.8 Å². The molecule has 0 unspecified atom stereocenters. The van der Waals surface area contributed by atoms with Crippen molar-refractivity contribution in [2.24, 2.45) is 0 Å². The highest BCUT2D eigenvalue weighted by Crippen LogP contribution is 2.22. The quantitative estimate of drug-likeness (QED) is 0.0413. The Morgan fingerprint density at radius 2 is 0.330 bits per heavy atom. The second-order valence-corrected chi connectivity index (χ2v) is 23.9. The molecule has 20 heteroatoms. The summed E-state index contributed by atoms with van der Waals surface area (Å²) in [5, 5.41) is 0. The van der Waals surface area contributed by atoms with E-state index in [1.165, 1.54) is 27.8 Å². The van der Waals surface area contributed by atoms with Crippen LogP contribution in [-0.2, 0) is 32.1 Å². The highest BCUT2D eigenvalue weighted by Gasteiger charge is 2.13. The van der Waals surface area contributed by atoms with E-state index >= 15 is 0 Å². The van der Waals surface area contributed by atoms with Gasteiger partial charge in [-0.3, -0.25) is 23.5 Å². The third-order valence-electron chi connectivity index (χ3n) is 13.8. The van der Waals surface area contributed by atoms with Gasteiger partial charge in [-0.05, 0) is 242 Å². The molecule has 0 aromatic heterocycles. The van der Waals surface area contributed by atoms with Gasteiger partial charge in [0.25, 0.3) is 0 Å². The normalized spacial score (nSPS) is 9.65. The number of hydrogen-bond donors (Lipinski definition) is 0. The molecule has 0 heterocycles. The molecular weight excluding hydrogens is 1380 g/mol. The SMILES string of the molecule is CCCc1ccc(C(=O)Oc2ccc([S])cc2)cc1.CCCc1ccc(C(=O)Oc2ccc([S])cc2)cc1.CCCc1ccc(C(=O)Oc2ccc([S])cc2)cc1.CCCc1ccc(C(=O)Oc2ccc([S])cc2)cc1.CCCc1ccc(C(=O)Oc2ccc([S])cc2)cc1.F.F.F.F.F. The molecule has 525 valence electrons. The van der Waals surface area contributed by atoms with Gasteiger partial charge in [-0.2, -0.15) is 0 Å². The number of esters is 5. The summed E-state index contributed by atoms with van der Waals surface area (Å²) in [6.07, 6.45) is 10.6. The van der Waals surface area contributed by atoms with E-state index < -0.39 is 0 Å². The topological polar surface area (TPSA) is 132 Å². The van der Waals surface area contributed by atoms with Crippen LogP contribution >= 0.6 is 63.1 Å². The highest BCUT2D eigenvalue weighted by atomic mass is 32.1. The van der Waals surface area contributed by atoms with E-state index in [2.05, 4.69) is 34.6 Å². The second kappa shape index (κ2) is 48.1. The number of aryl methyl sites for hydroxylation is 5. The van der Waals surface area contributed by atoms with Crippen LogP contribution in [0, 0.1) is 0 Å². The number of halogens is 5. The van der Waals surface area contributed by atoms with Gasteiger partial charge < -0.3 is 23.7 Å². The fourth-order valence-corrected chi connectivity index (χ4v) is 9.53. The van der Waals surface area contributed by atoms with E-state index in [4.69, 9.17) is 86.8 Å². The molecule has 0 saturated heterocycles. The van der Waals surface area contributed by atoms with Crippen molar-refractivity contribution in [3.05, 3.63) is 298 Å². The first-order valence-corrected chi connectivity index (χ1v) is 33.4. The maximum absolute atomic E-state index is 11.9. The van der Waals surface area contributed by atoms with Crippen LogP contribution in [0.2, 0.25) is 0 Å². The molecule has 0 spiro atoms. The van der Waals surface area contributed by atoms with Crippen molar-refractivity contribution in [1.29, 1.82) is 0 Å². The smallest absolute Gasteiger partial charge is 0.343 e. The Kier molecular flexibility index (Phi) is 42.5. The van der Waals surface area contributed by atoms with Gasteiger partial charge in [0.05, 0.1) is 27.8 Å². The van der Waals surface area contributed by atoms with E-state index in [0.717, 1.165) is 88.7 Å². The molecule has 0 bridgehead atoms. The fourth-order valence-electron chi connectivity index (χ4n) is 8.85. The summed E-state index contributed by atoms with van der Waals surface area (Å²) in [6, 6.07) is 72.0. The molecule has 10 aromatic rings. The number of rotatable bonds is 20. The van der Waals surface area contributed by atoms with Crippen LogP contribution in [0.25, 0.3) is 0 Å². The number of carbonyl (C=O) groups is 5. The van der Waals surface area contributed by atoms with Crippen molar-refractivity contribution in [3.63, 3.8) is 0 Å². The van der Waals surface area contributed by atoms with Crippen LogP contribution in [0.15, 0.2) is 267 Å². The van der Waals surface area contributed by atoms with E-state index in [1.54, 1.807) is 182 Å². The first-order valence-electron chi connectivity index (χ1n) is 31.3. The van der Waals surface area contributed by atoms with Gasteiger partial charge in [0.1, 0.15) is 28.7 Å². The first kappa shape index (κ1) is 88.3. The van der Waals surface area contributed by atoms with Crippen LogP contribution < -0.4 is 23.7 Å². The molecule has 10 nitrogen and oxygen atoms in total. The summed E-state index contributed by atoms with van der Waals surface area (Å²) >= 11 is 24.9. The zero-order valence-electron chi connectivity index (χ0n) is 55.8. The fraction of sp³-hybridized carbons (Fsp3) is 0.188. The monoisotopic (exact) mass is 1460 g/mol. The third kappa shape index (κ3) is 31.9. The summed E-state index contributed by atoms with van der Waals surface area (Å²) in [5.74, 6) is 0.817. The Hall–Kier alpha value is -9.70. The summed E-state index contributed by atoms with van der Waals surface area (Å²) in [4.78, 5) is 63.2. The summed E-state index contributed by atoms with van der Waals surface area (Å²) in [6.45, 7) is 10.6. The number of benzene rings is 10. The van der Waals surface area contributed by atoms with E-state index in [-0.39, 0.29) is 53.4 Å². The molecule has 0 atom stereocenters. The van der Waals surface area contributed by atoms with Gasteiger partial charge in [0, 0.05) is 24.5 Å². The van der Waals surface area contributed by atoms with E-state index in [9.17, 15) is 24.0 Å². The van der Waals surface area contributed by atoms with Crippen LogP contribution in [0.3, 0.4) is 0 Å². The lowest BCUT2D eigenvalue weighted by Gasteiger charge is -2.05. The van der Waals surface area contributed by atoms with Gasteiger partial charge in [-0.1, -0.05) is 191 Å². The molecule has 10 rings (SSSR count). The minimum atomic E-state index is -0.347. The predicted molar refractivity (Wildman–Crippen MR) is 401 cm³/mol. The Balaban J connectivity index is 0.000000617. The summed E-state index contributed by atoms with van der Waals surface area (Å²) in [7, 11) is 0. The predicted octanol–water partition coefficient (Wildman–Crippen LogP) is 22.8. The van der Waals surface area contributed by atoms with Gasteiger partial charge in [0.2, 0.25) is 0 Å². The van der Waals surface area contributed by atoms with Crippen LogP contribution in [0.1, 0.15) is 146 Å². The second-order valence-electron chi connectivity index (χ2n) is 21.5. The van der Waals surface area contributed by atoms with Crippen molar-refractivity contribution in [2.75, 3.05) is 0 Å². The van der Waals surface area contributed by atoms with Crippen molar-refractivity contribution in [1.82, 2.24) is 0 Å². The minimum absolute atomic E-state index is 0. The first-order chi connectivity index (χ1) is 45.9. The number of ether oxygens (including phenoxy) is 5. The van der Waals surface area contributed by atoms with Crippen molar-refractivity contribution >= 4 is 93.0 Å². The zero-order chi connectivity index (χ0) is 68.3. The molecule has 0 amide bonds. The van der Waals surface area contributed by atoms with Gasteiger partial charge in [-0.15, -0.1) is 0 Å².